The van der Waals surface area contributed by atoms with Gasteiger partial charge in [-0.3, -0.25) is 4.79 Å². The Hall–Kier alpha value is -2.23. The van der Waals surface area contributed by atoms with Crippen LogP contribution in [0.1, 0.15) is 29.8 Å². The lowest BCUT2D eigenvalue weighted by molar-refractivity contribution is 0.101. The predicted octanol–water partition coefficient (Wildman–Crippen LogP) is 5.95. The highest BCUT2D eigenvalue weighted by molar-refractivity contribution is 6.35. The van der Waals surface area contributed by atoms with E-state index in [4.69, 9.17) is 32.7 Å². The van der Waals surface area contributed by atoms with Gasteiger partial charge in [-0.25, -0.2) is 0 Å². The summed E-state index contributed by atoms with van der Waals surface area (Å²) in [6.07, 6.45) is 3.60. The van der Waals surface area contributed by atoms with Crippen LogP contribution in [0.3, 0.4) is 0 Å². The Labute approximate surface area is 156 Å². The number of ether oxygens (including phenoxy) is 2. The minimum absolute atomic E-state index is 0.183. The van der Waals surface area contributed by atoms with Crippen molar-refractivity contribution in [1.29, 1.82) is 0 Å². The van der Waals surface area contributed by atoms with Gasteiger partial charge in [0, 0.05) is 16.1 Å². The maximum Gasteiger partial charge on any atom is 0.231 e. The number of ketones is 1. The molecule has 0 radical (unpaired) electrons. The fraction of sp³-hybridized carbons (Fsp3) is 0.150. The highest BCUT2D eigenvalue weighted by Gasteiger charge is 2.27. The number of carbonyl (C=O) groups excluding carboxylic acids is 1. The quantitative estimate of drug-likeness (QED) is 0.489. The summed E-state index contributed by atoms with van der Waals surface area (Å²) in [6.45, 7) is 4.48. The molecule has 3 nitrogen and oxygen atoms in total. The van der Waals surface area contributed by atoms with E-state index in [1.165, 1.54) is 5.57 Å². The van der Waals surface area contributed by atoms with Gasteiger partial charge in [0.05, 0.1) is 5.56 Å². The molecule has 0 atom stereocenters. The summed E-state index contributed by atoms with van der Waals surface area (Å²) in [6, 6.07) is 10.3. The topological polar surface area (TPSA) is 35.5 Å². The van der Waals surface area contributed by atoms with Crippen LogP contribution in [0.15, 0.2) is 53.8 Å². The first-order valence-electron chi connectivity index (χ1n) is 7.73. The molecule has 0 unspecified atom stereocenters. The van der Waals surface area contributed by atoms with Gasteiger partial charge in [0.25, 0.3) is 0 Å². The van der Waals surface area contributed by atoms with E-state index in [1.807, 2.05) is 19.9 Å². The predicted molar refractivity (Wildman–Crippen MR) is 101 cm³/mol. The summed E-state index contributed by atoms with van der Waals surface area (Å²) in [5.74, 6) is 1.17. The molecule has 0 bridgehead atoms. The molecule has 0 spiro atoms. The molecule has 1 aliphatic heterocycles. The Bertz CT molecular complexity index is 894. The van der Waals surface area contributed by atoms with Crippen molar-refractivity contribution in [3.05, 3.63) is 75.0 Å². The Morgan fingerprint density at radius 3 is 2.68 bits per heavy atom. The van der Waals surface area contributed by atoms with Crippen molar-refractivity contribution in [2.45, 2.75) is 13.8 Å². The first-order chi connectivity index (χ1) is 11.9. The number of hydrogen-bond acceptors (Lipinski definition) is 3. The van der Waals surface area contributed by atoms with Crippen LogP contribution in [-0.4, -0.2) is 12.4 Å². The molecule has 25 heavy (non-hydrogen) atoms. The number of allylic oxidation sites excluding steroid dienone is 2. The van der Waals surface area contributed by atoms with E-state index >= 15 is 0 Å². The zero-order valence-electron chi connectivity index (χ0n) is 13.8. The molecule has 1 aliphatic rings. The van der Waals surface area contributed by atoms with Gasteiger partial charge in [0.15, 0.2) is 5.76 Å². The van der Waals surface area contributed by atoms with Crippen LogP contribution < -0.4 is 9.47 Å². The fourth-order valence-corrected chi connectivity index (χ4v) is 2.78. The van der Waals surface area contributed by atoms with E-state index in [2.05, 4.69) is 0 Å². The Morgan fingerprint density at radius 1 is 1.16 bits per heavy atom. The van der Waals surface area contributed by atoms with Crippen molar-refractivity contribution < 1.29 is 14.3 Å². The van der Waals surface area contributed by atoms with E-state index in [9.17, 15) is 4.79 Å². The van der Waals surface area contributed by atoms with Gasteiger partial charge >= 0.3 is 0 Å². The monoisotopic (exact) mass is 374 g/mol. The zero-order chi connectivity index (χ0) is 18.0. The third-order valence-electron chi connectivity index (χ3n) is 3.63. The van der Waals surface area contributed by atoms with Crippen molar-refractivity contribution in [2.75, 3.05) is 6.61 Å². The van der Waals surface area contributed by atoms with Gasteiger partial charge < -0.3 is 9.47 Å². The molecule has 1 heterocycles. The summed E-state index contributed by atoms with van der Waals surface area (Å²) < 4.78 is 11.3. The molecule has 0 fully saturated rings. The molecule has 3 rings (SSSR count). The highest BCUT2D eigenvalue weighted by atomic mass is 35.5. The maximum atomic E-state index is 12.5. The van der Waals surface area contributed by atoms with E-state index in [0.29, 0.717) is 39.3 Å². The largest absolute Gasteiger partial charge is 0.489 e. The molecule has 0 amide bonds. The second kappa shape index (κ2) is 7.34. The first kappa shape index (κ1) is 17.6. The van der Waals surface area contributed by atoms with Crippen molar-refractivity contribution in [2.24, 2.45) is 0 Å². The number of carbonyl (C=O) groups is 1. The normalized spacial score (nSPS) is 14.2. The molecule has 128 valence electrons. The molecule has 0 aliphatic carbocycles. The fourth-order valence-electron chi connectivity index (χ4n) is 2.32. The van der Waals surface area contributed by atoms with E-state index in [1.54, 1.807) is 42.5 Å². The Morgan fingerprint density at radius 2 is 1.96 bits per heavy atom. The molecule has 0 aromatic heterocycles. The maximum absolute atomic E-state index is 12.5. The second-order valence-electron chi connectivity index (χ2n) is 5.86. The van der Waals surface area contributed by atoms with Crippen LogP contribution >= 0.6 is 23.2 Å². The lowest BCUT2D eigenvalue weighted by atomic mass is 10.1. The van der Waals surface area contributed by atoms with E-state index in [0.717, 1.165) is 0 Å². The van der Waals surface area contributed by atoms with E-state index < -0.39 is 0 Å². The number of Topliss-reactive ketones (excluding diaryl/α,β-unsaturated/α-hetero) is 1. The molecule has 0 saturated heterocycles. The summed E-state index contributed by atoms with van der Waals surface area (Å²) in [5, 5.41) is 0.991. The standard InChI is InChI=1S/C20H16Cl2O3/c1-12(2)7-8-24-15-5-6-16-18(11-15)25-19(20(16)23)9-13-3-4-14(21)10-17(13)22/h3-7,9-11H,8H2,1-2H3. The molecule has 0 N–H and O–H groups in total. The molecule has 2 aromatic carbocycles. The summed E-state index contributed by atoms with van der Waals surface area (Å²) in [4.78, 5) is 12.5. The number of rotatable bonds is 4. The third-order valence-corrected chi connectivity index (χ3v) is 4.19. The molecular formula is C20H16Cl2O3. The van der Waals surface area contributed by atoms with Gasteiger partial charge in [0.2, 0.25) is 5.78 Å². The summed E-state index contributed by atoms with van der Waals surface area (Å²) >= 11 is 12.0. The number of benzene rings is 2. The summed E-state index contributed by atoms with van der Waals surface area (Å²) in [5.41, 5.74) is 2.35. The Kier molecular flexibility index (Phi) is 5.16. The number of fused-ring (bicyclic) bond motifs is 1. The lowest BCUT2D eigenvalue weighted by Crippen LogP contribution is -1.98. The van der Waals surface area contributed by atoms with E-state index in [-0.39, 0.29) is 11.5 Å². The van der Waals surface area contributed by atoms with Crippen LogP contribution in [0.4, 0.5) is 0 Å². The number of halogens is 2. The van der Waals surface area contributed by atoms with Crippen molar-refractivity contribution in [3.8, 4) is 11.5 Å². The van der Waals surface area contributed by atoms with Gasteiger partial charge in [-0.2, -0.15) is 0 Å². The molecule has 5 heteroatoms. The SMILES string of the molecule is CC(C)=CCOc1ccc2c(c1)OC(=Cc1ccc(Cl)cc1Cl)C2=O. The number of hydrogen-bond donors (Lipinski definition) is 0. The zero-order valence-corrected chi connectivity index (χ0v) is 15.3. The minimum atomic E-state index is -0.183. The van der Waals surface area contributed by atoms with Crippen LogP contribution in [0.25, 0.3) is 6.08 Å². The molecule has 0 saturated carbocycles. The van der Waals surface area contributed by atoms with Crippen LogP contribution in [0.2, 0.25) is 10.0 Å². The lowest BCUT2D eigenvalue weighted by Gasteiger charge is -2.05. The molecule has 2 aromatic rings. The summed E-state index contributed by atoms with van der Waals surface area (Å²) in [7, 11) is 0. The van der Waals surface area contributed by atoms with Crippen molar-refractivity contribution in [3.63, 3.8) is 0 Å². The van der Waals surface area contributed by atoms with Crippen molar-refractivity contribution >= 4 is 35.1 Å². The smallest absolute Gasteiger partial charge is 0.231 e. The van der Waals surface area contributed by atoms with Gasteiger partial charge in [-0.05, 0) is 55.8 Å². The first-order valence-corrected chi connectivity index (χ1v) is 8.49. The van der Waals surface area contributed by atoms with Gasteiger partial charge in [0.1, 0.15) is 18.1 Å². The molecular weight excluding hydrogens is 359 g/mol. The van der Waals surface area contributed by atoms with Crippen LogP contribution in [0, 0.1) is 0 Å². The van der Waals surface area contributed by atoms with Gasteiger partial charge in [-0.1, -0.05) is 34.8 Å². The van der Waals surface area contributed by atoms with Gasteiger partial charge in [-0.15, -0.1) is 0 Å². The minimum Gasteiger partial charge on any atom is -0.489 e. The van der Waals surface area contributed by atoms with Crippen LogP contribution in [-0.2, 0) is 0 Å². The van der Waals surface area contributed by atoms with Crippen LogP contribution in [0.5, 0.6) is 11.5 Å². The average Bonchev–Trinajstić information content (AvgIpc) is 2.85. The highest BCUT2D eigenvalue weighted by Crippen LogP contribution is 2.35. The third kappa shape index (κ3) is 4.06. The second-order valence-corrected chi connectivity index (χ2v) is 6.70. The Balaban J connectivity index is 1.83. The van der Waals surface area contributed by atoms with Crippen molar-refractivity contribution in [1.82, 2.24) is 0 Å². The average molecular weight is 375 g/mol.